The van der Waals surface area contributed by atoms with E-state index in [0.717, 1.165) is 17.1 Å². The normalized spacial score (nSPS) is 10.1. The average molecular weight is 230 g/mol. The van der Waals surface area contributed by atoms with Crippen LogP contribution in [0.1, 0.15) is 11.1 Å². The van der Waals surface area contributed by atoms with Crippen LogP contribution in [0.2, 0.25) is 0 Å². The Labute approximate surface area is 101 Å². The van der Waals surface area contributed by atoms with Crippen LogP contribution in [-0.2, 0) is 6.42 Å². The predicted octanol–water partition coefficient (Wildman–Crippen LogP) is 3.57. The van der Waals surface area contributed by atoms with Crippen molar-refractivity contribution in [3.8, 4) is 5.75 Å². The molecule has 0 saturated heterocycles. The van der Waals surface area contributed by atoms with Gasteiger partial charge >= 0.3 is 0 Å². The largest absolute Gasteiger partial charge is 0.496 e. The molecule has 0 aliphatic carbocycles. The summed E-state index contributed by atoms with van der Waals surface area (Å²) < 4.78 is 5.33. The fraction of sp³-hybridized carbons (Fsp3) is 0.143. The number of ether oxygens (including phenoxy) is 1. The minimum Gasteiger partial charge on any atom is -0.496 e. The fourth-order valence-electron chi connectivity index (χ4n) is 1.71. The van der Waals surface area contributed by atoms with Crippen molar-refractivity contribution in [3.63, 3.8) is 0 Å². The molecule has 0 spiro atoms. The molecule has 2 aromatic rings. The van der Waals surface area contributed by atoms with E-state index >= 15 is 0 Å². The number of hydrogen-bond acceptors (Lipinski definition) is 2. The lowest BCUT2D eigenvalue weighted by atomic mass is 10.0. The van der Waals surface area contributed by atoms with Crippen molar-refractivity contribution >= 4 is 12.6 Å². The first-order chi connectivity index (χ1) is 7.81. The van der Waals surface area contributed by atoms with Gasteiger partial charge in [0, 0.05) is 11.3 Å². The Morgan fingerprint density at radius 1 is 0.938 bits per heavy atom. The average Bonchev–Trinajstić information content (AvgIpc) is 2.33. The van der Waals surface area contributed by atoms with Gasteiger partial charge in [0.05, 0.1) is 7.11 Å². The van der Waals surface area contributed by atoms with Crippen LogP contribution in [-0.4, -0.2) is 7.11 Å². The van der Waals surface area contributed by atoms with E-state index in [4.69, 9.17) is 4.74 Å². The molecule has 2 rings (SSSR count). The van der Waals surface area contributed by atoms with Crippen molar-refractivity contribution in [1.82, 2.24) is 0 Å². The molecule has 0 aromatic heterocycles. The minimum absolute atomic E-state index is 0.851. The summed E-state index contributed by atoms with van der Waals surface area (Å²) in [5, 5.41) is 0. The fourth-order valence-corrected chi connectivity index (χ4v) is 1.95. The van der Waals surface area contributed by atoms with Gasteiger partial charge in [0.25, 0.3) is 0 Å². The Morgan fingerprint density at radius 3 is 2.25 bits per heavy atom. The maximum absolute atomic E-state index is 5.33. The summed E-state index contributed by atoms with van der Waals surface area (Å²) >= 11 is 4.45. The van der Waals surface area contributed by atoms with E-state index in [9.17, 15) is 0 Å². The summed E-state index contributed by atoms with van der Waals surface area (Å²) in [5.74, 6) is 0.930. The summed E-state index contributed by atoms with van der Waals surface area (Å²) in [7, 11) is 1.70. The van der Waals surface area contributed by atoms with Gasteiger partial charge in [-0.25, -0.2) is 0 Å². The van der Waals surface area contributed by atoms with Gasteiger partial charge in [-0.2, -0.15) is 0 Å². The SMILES string of the molecule is COc1ccccc1Cc1ccccc1S. The molecule has 16 heavy (non-hydrogen) atoms. The van der Waals surface area contributed by atoms with Gasteiger partial charge in [0.1, 0.15) is 5.75 Å². The second-order valence-electron chi connectivity index (χ2n) is 3.62. The number of thiol groups is 1. The summed E-state index contributed by atoms with van der Waals surface area (Å²) in [6, 6.07) is 16.2. The van der Waals surface area contributed by atoms with Crippen LogP contribution in [0.25, 0.3) is 0 Å². The van der Waals surface area contributed by atoms with Crippen molar-refractivity contribution in [1.29, 1.82) is 0 Å². The molecule has 0 aliphatic heterocycles. The van der Waals surface area contributed by atoms with Crippen molar-refractivity contribution < 1.29 is 4.74 Å². The highest BCUT2D eigenvalue weighted by molar-refractivity contribution is 7.80. The zero-order valence-electron chi connectivity index (χ0n) is 9.18. The molecule has 0 heterocycles. The molecular weight excluding hydrogens is 216 g/mol. The van der Waals surface area contributed by atoms with Gasteiger partial charge in [0.15, 0.2) is 0 Å². The lowest BCUT2D eigenvalue weighted by molar-refractivity contribution is 0.410. The van der Waals surface area contributed by atoms with Crippen molar-refractivity contribution in [3.05, 3.63) is 59.7 Å². The maximum Gasteiger partial charge on any atom is 0.122 e. The monoisotopic (exact) mass is 230 g/mol. The van der Waals surface area contributed by atoms with Crippen LogP contribution in [0.3, 0.4) is 0 Å². The van der Waals surface area contributed by atoms with Gasteiger partial charge in [-0.15, -0.1) is 12.6 Å². The molecule has 0 unspecified atom stereocenters. The smallest absolute Gasteiger partial charge is 0.122 e. The van der Waals surface area contributed by atoms with Gasteiger partial charge in [-0.05, 0) is 23.3 Å². The number of rotatable bonds is 3. The van der Waals surface area contributed by atoms with Crippen LogP contribution < -0.4 is 4.74 Å². The molecule has 0 bridgehead atoms. The standard InChI is InChI=1S/C14H14OS/c1-15-13-8-4-2-6-11(13)10-12-7-3-5-9-14(12)16/h2-9,16H,10H2,1H3. The third-order valence-electron chi connectivity index (χ3n) is 2.57. The van der Waals surface area contributed by atoms with Crippen LogP contribution >= 0.6 is 12.6 Å². The quantitative estimate of drug-likeness (QED) is 0.793. The minimum atomic E-state index is 0.851. The Balaban J connectivity index is 2.30. The van der Waals surface area contributed by atoms with Crippen molar-refractivity contribution in [2.45, 2.75) is 11.3 Å². The van der Waals surface area contributed by atoms with Crippen LogP contribution in [0, 0.1) is 0 Å². The van der Waals surface area contributed by atoms with E-state index in [2.05, 4.69) is 24.8 Å². The van der Waals surface area contributed by atoms with Gasteiger partial charge < -0.3 is 4.74 Å². The number of hydrogen-bond donors (Lipinski definition) is 1. The Bertz CT molecular complexity index is 480. The lowest BCUT2D eigenvalue weighted by Gasteiger charge is -2.09. The van der Waals surface area contributed by atoms with E-state index in [1.54, 1.807) is 7.11 Å². The highest BCUT2D eigenvalue weighted by atomic mass is 32.1. The Hall–Kier alpha value is -1.41. The van der Waals surface area contributed by atoms with E-state index in [1.165, 1.54) is 11.1 Å². The van der Waals surface area contributed by atoms with Crippen molar-refractivity contribution in [2.75, 3.05) is 7.11 Å². The van der Waals surface area contributed by atoms with E-state index in [0.29, 0.717) is 0 Å². The highest BCUT2D eigenvalue weighted by Gasteiger charge is 2.04. The molecular formula is C14H14OS. The first-order valence-electron chi connectivity index (χ1n) is 5.20. The molecule has 2 aromatic carbocycles. The zero-order chi connectivity index (χ0) is 11.4. The molecule has 0 N–H and O–H groups in total. The first-order valence-corrected chi connectivity index (χ1v) is 5.65. The predicted molar refractivity (Wildman–Crippen MR) is 69.5 cm³/mol. The number of para-hydroxylation sites is 1. The van der Waals surface area contributed by atoms with Crippen LogP contribution in [0.4, 0.5) is 0 Å². The molecule has 82 valence electrons. The Kier molecular flexibility index (Phi) is 3.52. The summed E-state index contributed by atoms with van der Waals surface area (Å²) in [5.41, 5.74) is 2.40. The highest BCUT2D eigenvalue weighted by Crippen LogP contribution is 2.23. The zero-order valence-corrected chi connectivity index (χ0v) is 10.1. The molecule has 0 radical (unpaired) electrons. The van der Waals surface area contributed by atoms with E-state index in [-0.39, 0.29) is 0 Å². The third kappa shape index (κ3) is 2.39. The second-order valence-corrected chi connectivity index (χ2v) is 4.10. The number of methoxy groups -OCH3 is 1. The molecule has 0 amide bonds. The van der Waals surface area contributed by atoms with E-state index < -0.39 is 0 Å². The molecule has 1 nitrogen and oxygen atoms in total. The topological polar surface area (TPSA) is 9.23 Å². The van der Waals surface area contributed by atoms with Gasteiger partial charge in [-0.1, -0.05) is 36.4 Å². The van der Waals surface area contributed by atoms with E-state index in [1.807, 2.05) is 36.4 Å². The second kappa shape index (κ2) is 5.08. The summed E-state index contributed by atoms with van der Waals surface area (Å²) in [4.78, 5) is 1.02. The first kappa shape index (κ1) is 11.1. The molecule has 0 aliphatic rings. The molecule has 0 fully saturated rings. The molecule has 0 atom stereocenters. The van der Waals surface area contributed by atoms with Crippen LogP contribution in [0.5, 0.6) is 5.75 Å². The number of benzene rings is 2. The summed E-state index contributed by atoms with van der Waals surface area (Å²) in [6.07, 6.45) is 0.851. The Morgan fingerprint density at radius 2 is 1.56 bits per heavy atom. The van der Waals surface area contributed by atoms with Crippen molar-refractivity contribution in [2.24, 2.45) is 0 Å². The molecule has 2 heteroatoms. The summed E-state index contributed by atoms with van der Waals surface area (Å²) in [6.45, 7) is 0. The van der Waals surface area contributed by atoms with Gasteiger partial charge in [0.2, 0.25) is 0 Å². The van der Waals surface area contributed by atoms with Crippen LogP contribution in [0.15, 0.2) is 53.4 Å². The van der Waals surface area contributed by atoms with Gasteiger partial charge in [-0.3, -0.25) is 0 Å². The third-order valence-corrected chi connectivity index (χ3v) is 3.00. The maximum atomic E-state index is 5.33. The molecule has 0 saturated carbocycles. The lowest BCUT2D eigenvalue weighted by Crippen LogP contribution is -1.94.